The van der Waals surface area contributed by atoms with Gasteiger partial charge >= 0.3 is 0 Å². The monoisotopic (exact) mass is 557 g/mol. The van der Waals surface area contributed by atoms with Crippen LogP contribution < -0.4 is 0 Å². The molecule has 0 aliphatic carbocycles. The Morgan fingerprint density at radius 3 is 1.73 bits per heavy atom. The van der Waals surface area contributed by atoms with E-state index in [0.29, 0.717) is 0 Å². The smallest absolute Gasteiger partial charge is 0.0708 e. The highest BCUT2D eigenvalue weighted by atomic mass is 14.7. The molecule has 0 N–H and O–H groups in total. The van der Waals surface area contributed by atoms with E-state index in [4.69, 9.17) is 4.98 Å². The second-order valence-corrected chi connectivity index (χ2v) is 11.5. The standard InChI is InChI=1S/C43H27N/c1-2-13-29(14-3-1)41-35-18-8-9-19-36(35)42(39-27-44-40-21-11-10-20-38(40)43(39)41)37-25-24-32(33-16-6-7-17-34(33)37)31-23-22-28-12-4-5-15-30(28)26-31/h1-27H. The molecule has 0 spiro atoms. The molecular weight excluding hydrogens is 530 g/mol. The molecule has 9 aromatic rings. The first kappa shape index (κ1) is 24.8. The maximum atomic E-state index is 5.01. The molecule has 0 amide bonds. The lowest BCUT2D eigenvalue weighted by molar-refractivity contribution is 1.45. The second-order valence-electron chi connectivity index (χ2n) is 11.5. The van der Waals surface area contributed by atoms with Gasteiger partial charge in [0.2, 0.25) is 0 Å². The molecule has 0 fully saturated rings. The molecule has 0 atom stereocenters. The highest BCUT2D eigenvalue weighted by Gasteiger charge is 2.20. The fourth-order valence-corrected chi connectivity index (χ4v) is 7.12. The Hall–Kier alpha value is -5.79. The number of aromatic nitrogens is 1. The maximum Gasteiger partial charge on any atom is 0.0708 e. The van der Waals surface area contributed by atoms with Crippen LogP contribution in [0.2, 0.25) is 0 Å². The minimum atomic E-state index is 1.01. The van der Waals surface area contributed by atoms with Crippen LogP contribution in [-0.2, 0) is 0 Å². The molecule has 0 bridgehead atoms. The fourth-order valence-electron chi connectivity index (χ4n) is 7.12. The fraction of sp³-hybridized carbons (Fsp3) is 0. The van der Waals surface area contributed by atoms with Gasteiger partial charge in [0.15, 0.2) is 0 Å². The number of para-hydroxylation sites is 1. The molecule has 9 rings (SSSR count). The minimum Gasteiger partial charge on any atom is -0.256 e. The number of nitrogens with zero attached hydrogens (tertiary/aromatic N) is 1. The number of hydrogen-bond donors (Lipinski definition) is 0. The first-order chi connectivity index (χ1) is 21.8. The molecule has 0 radical (unpaired) electrons. The van der Waals surface area contributed by atoms with Crippen LogP contribution >= 0.6 is 0 Å². The summed E-state index contributed by atoms with van der Waals surface area (Å²) in [6.45, 7) is 0. The Bertz CT molecular complexity index is 2540. The molecule has 1 nitrogen and oxygen atoms in total. The number of rotatable bonds is 3. The van der Waals surface area contributed by atoms with Crippen molar-refractivity contribution in [2.45, 2.75) is 0 Å². The average Bonchev–Trinajstić information content (AvgIpc) is 3.10. The first-order valence-corrected chi connectivity index (χ1v) is 15.1. The van der Waals surface area contributed by atoms with E-state index in [2.05, 4.69) is 164 Å². The molecule has 204 valence electrons. The van der Waals surface area contributed by atoms with Gasteiger partial charge in [0.1, 0.15) is 0 Å². The van der Waals surface area contributed by atoms with Crippen LogP contribution in [0.1, 0.15) is 0 Å². The van der Waals surface area contributed by atoms with Gasteiger partial charge in [-0.25, -0.2) is 0 Å². The third-order valence-electron chi connectivity index (χ3n) is 9.08. The molecule has 8 aromatic carbocycles. The van der Waals surface area contributed by atoms with Crippen LogP contribution in [0.5, 0.6) is 0 Å². The van der Waals surface area contributed by atoms with E-state index in [-0.39, 0.29) is 0 Å². The Kier molecular flexibility index (Phi) is 5.57. The largest absolute Gasteiger partial charge is 0.256 e. The van der Waals surface area contributed by atoms with Crippen molar-refractivity contribution in [3.63, 3.8) is 0 Å². The summed E-state index contributed by atoms with van der Waals surface area (Å²) in [5.41, 5.74) is 8.41. The van der Waals surface area contributed by atoms with Crippen LogP contribution in [0.4, 0.5) is 0 Å². The predicted molar refractivity (Wildman–Crippen MR) is 188 cm³/mol. The maximum absolute atomic E-state index is 5.01. The summed E-state index contributed by atoms with van der Waals surface area (Å²) in [6.07, 6.45) is 2.10. The molecular formula is C43H27N. The van der Waals surface area contributed by atoms with Crippen molar-refractivity contribution in [2.24, 2.45) is 0 Å². The molecule has 0 unspecified atom stereocenters. The lowest BCUT2D eigenvalue weighted by Gasteiger charge is -2.20. The van der Waals surface area contributed by atoms with Crippen LogP contribution in [0.3, 0.4) is 0 Å². The summed E-state index contributed by atoms with van der Waals surface area (Å²) in [6, 6.07) is 57.1. The summed E-state index contributed by atoms with van der Waals surface area (Å²) >= 11 is 0. The van der Waals surface area contributed by atoms with Crippen LogP contribution in [0, 0.1) is 0 Å². The Labute approximate surface area is 255 Å². The number of pyridine rings is 1. The Balaban J connectivity index is 1.42. The molecule has 1 heterocycles. The predicted octanol–water partition coefficient (Wildman–Crippen LogP) is 11.8. The van der Waals surface area contributed by atoms with Gasteiger partial charge in [-0.2, -0.15) is 0 Å². The van der Waals surface area contributed by atoms with E-state index < -0.39 is 0 Å². The van der Waals surface area contributed by atoms with E-state index in [1.54, 1.807) is 0 Å². The van der Waals surface area contributed by atoms with E-state index in [1.807, 2.05) is 0 Å². The molecule has 0 aliphatic rings. The van der Waals surface area contributed by atoms with Crippen LogP contribution in [0.25, 0.3) is 87.4 Å². The molecule has 1 heteroatoms. The van der Waals surface area contributed by atoms with Gasteiger partial charge < -0.3 is 0 Å². The molecule has 44 heavy (non-hydrogen) atoms. The SMILES string of the molecule is c1ccc(-c2c3ccccc3c(-c3ccc(-c4ccc5ccccc5c4)c4ccccc34)c3cnc4ccccc4c23)cc1. The van der Waals surface area contributed by atoms with E-state index in [0.717, 1.165) is 5.52 Å². The minimum absolute atomic E-state index is 1.01. The van der Waals surface area contributed by atoms with Crippen LogP contribution in [-0.4, -0.2) is 4.98 Å². The summed E-state index contributed by atoms with van der Waals surface area (Å²) in [5.74, 6) is 0. The van der Waals surface area contributed by atoms with Gasteiger partial charge in [0.05, 0.1) is 5.52 Å². The molecule has 0 saturated heterocycles. The number of benzene rings is 8. The quantitative estimate of drug-likeness (QED) is 0.155. The number of fused-ring (bicyclic) bond motifs is 6. The van der Waals surface area contributed by atoms with Gasteiger partial charge in [0, 0.05) is 22.4 Å². The van der Waals surface area contributed by atoms with Gasteiger partial charge in [0.25, 0.3) is 0 Å². The molecule has 0 saturated carbocycles. The van der Waals surface area contributed by atoms with Crippen molar-refractivity contribution in [2.75, 3.05) is 0 Å². The van der Waals surface area contributed by atoms with Crippen molar-refractivity contribution in [1.29, 1.82) is 0 Å². The third-order valence-corrected chi connectivity index (χ3v) is 9.08. The Morgan fingerprint density at radius 2 is 0.932 bits per heavy atom. The summed E-state index contributed by atoms with van der Waals surface area (Å²) < 4.78 is 0. The Morgan fingerprint density at radius 1 is 0.341 bits per heavy atom. The van der Waals surface area contributed by atoms with E-state index >= 15 is 0 Å². The van der Waals surface area contributed by atoms with Gasteiger partial charge in [-0.1, -0.05) is 146 Å². The molecule has 0 aliphatic heterocycles. The lowest BCUT2D eigenvalue weighted by Crippen LogP contribution is -1.94. The van der Waals surface area contributed by atoms with E-state index in [1.165, 1.54) is 81.9 Å². The van der Waals surface area contributed by atoms with Crippen molar-refractivity contribution in [1.82, 2.24) is 4.98 Å². The highest BCUT2D eigenvalue weighted by molar-refractivity contribution is 6.28. The zero-order valence-corrected chi connectivity index (χ0v) is 24.0. The van der Waals surface area contributed by atoms with Crippen molar-refractivity contribution in [3.8, 4) is 33.4 Å². The van der Waals surface area contributed by atoms with Gasteiger partial charge in [-0.15, -0.1) is 0 Å². The highest BCUT2D eigenvalue weighted by Crippen LogP contribution is 2.47. The van der Waals surface area contributed by atoms with Crippen molar-refractivity contribution < 1.29 is 0 Å². The zero-order chi connectivity index (χ0) is 29.0. The van der Waals surface area contributed by atoms with Crippen LogP contribution in [0.15, 0.2) is 164 Å². The summed E-state index contributed by atoms with van der Waals surface area (Å²) in [5, 5.41) is 11.1. The topological polar surface area (TPSA) is 12.9 Å². The molecule has 1 aromatic heterocycles. The zero-order valence-electron chi connectivity index (χ0n) is 24.0. The number of hydrogen-bond acceptors (Lipinski definition) is 1. The average molecular weight is 558 g/mol. The van der Waals surface area contributed by atoms with Gasteiger partial charge in [-0.3, -0.25) is 4.98 Å². The third kappa shape index (κ3) is 3.76. The summed E-state index contributed by atoms with van der Waals surface area (Å²) in [7, 11) is 0. The second kappa shape index (κ2) is 9.90. The lowest BCUT2D eigenvalue weighted by atomic mass is 9.83. The summed E-state index contributed by atoms with van der Waals surface area (Å²) in [4.78, 5) is 5.01. The van der Waals surface area contributed by atoms with Crippen molar-refractivity contribution >= 4 is 54.0 Å². The van der Waals surface area contributed by atoms with E-state index in [9.17, 15) is 0 Å². The first-order valence-electron chi connectivity index (χ1n) is 15.1. The van der Waals surface area contributed by atoms with Crippen molar-refractivity contribution in [3.05, 3.63) is 164 Å². The normalized spacial score (nSPS) is 11.6. The van der Waals surface area contributed by atoms with Gasteiger partial charge in [-0.05, 0) is 77.8 Å².